The standard InChI is InChI=1S/C20H34N4OS/c1-3-21-19(22-14-17-15-24(2)11-12-25-17)23-16-20(9-5-4-6-10-20)18-8-7-13-26-18/h7-8,13,17H,3-6,9-12,14-16H2,1-2H3,(H2,21,22,23). The van der Waals surface area contributed by atoms with Gasteiger partial charge in [0.1, 0.15) is 0 Å². The molecule has 0 aromatic carbocycles. The summed E-state index contributed by atoms with van der Waals surface area (Å²) in [5, 5.41) is 9.12. The van der Waals surface area contributed by atoms with E-state index in [0.717, 1.165) is 45.3 Å². The lowest BCUT2D eigenvalue weighted by molar-refractivity contribution is -0.0161. The third-order valence-electron chi connectivity index (χ3n) is 5.58. The van der Waals surface area contributed by atoms with Crippen LogP contribution in [0.2, 0.25) is 0 Å². The molecule has 0 bridgehead atoms. The quantitative estimate of drug-likeness (QED) is 0.590. The highest BCUT2D eigenvalue weighted by Crippen LogP contribution is 2.41. The zero-order valence-electron chi connectivity index (χ0n) is 16.3. The number of likely N-dealkylation sites (N-methyl/N-ethyl adjacent to an activating group) is 1. The van der Waals surface area contributed by atoms with Crippen LogP contribution in [-0.2, 0) is 10.2 Å². The zero-order valence-corrected chi connectivity index (χ0v) is 17.1. The van der Waals surface area contributed by atoms with Crippen LogP contribution in [0, 0.1) is 0 Å². The molecule has 0 radical (unpaired) electrons. The number of nitrogens with one attached hydrogen (secondary N) is 2. The van der Waals surface area contributed by atoms with Crippen molar-refractivity contribution in [2.24, 2.45) is 4.99 Å². The minimum Gasteiger partial charge on any atom is -0.374 e. The Kier molecular flexibility index (Phi) is 7.34. The van der Waals surface area contributed by atoms with E-state index < -0.39 is 0 Å². The molecule has 1 saturated carbocycles. The molecule has 146 valence electrons. The molecule has 1 aliphatic heterocycles. The highest BCUT2D eigenvalue weighted by Gasteiger charge is 2.34. The molecule has 26 heavy (non-hydrogen) atoms. The van der Waals surface area contributed by atoms with Crippen molar-refractivity contribution in [3.05, 3.63) is 22.4 Å². The Balaban J connectivity index is 1.63. The van der Waals surface area contributed by atoms with Gasteiger partial charge in [-0.1, -0.05) is 25.3 Å². The summed E-state index contributed by atoms with van der Waals surface area (Å²) in [6.07, 6.45) is 6.75. The normalized spacial score (nSPS) is 24.4. The van der Waals surface area contributed by atoms with E-state index in [1.807, 2.05) is 11.3 Å². The van der Waals surface area contributed by atoms with E-state index in [0.29, 0.717) is 0 Å². The Morgan fingerprint density at radius 3 is 2.88 bits per heavy atom. The number of rotatable bonds is 6. The first-order chi connectivity index (χ1) is 12.7. The van der Waals surface area contributed by atoms with E-state index in [2.05, 4.69) is 47.0 Å². The van der Waals surface area contributed by atoms with Gasteiger partial charge < -0.3 is 20.3 Å². The minimum atomic E-state index is 0.232. The first kappa shape index (κ1) is 19.6. The zero-order chi connectivity index (χ0) is 18.2. The molecular weight excluding hydrogens is 344 g/mol. The van der Waals surface area contributed by atoms with Crippen molar-refractivity contribution in [2.45, 2.75) is 50.5 Å². The lowest BCUT2D eigenvalue weighted by Crippen LogP contribution is -2.48. The number of nitrogens with zero attached hydrogens (tertiary/aromatic N) is 2. The molecule has 5 nitrogen and oxygen atoms in total. The van der Waals surface area contributed by atoms with Crippen molar-refractivity contribution in [3.63, 3.8) is 0 Å². The van der Waals surface area contributed by atoms with E-state index in [9.17, 15) is 0 Å². The summed E-state index contributed by atoms with van der Waals surface area (Å²) >= 11 is 1.89. The second-order valence-corrected chi connectivity index (χ2v) is 8.60. The summed E-state index contributed by atoms with van der Waals surface area (Å²) in [7, 11) is 2.16. The van der Waals surface area contributed by atoms with Gasteiger partial charge in [-0.15, -0.1) is 11.3 Å². The van der Waals surface area contributed by atoms with E-state index in [-0.39, 0.29) is 11.5 Å². The molecule has 2 fully saturated rings. The van der Waals surface area contributed by atoms with Gasteiger partial charge in [0, 0.05) is 36.5 Å². The van der Waals surface area contributed by atoms with Gasteiger partial charge in [0.2, 0.25) is 0 Å². The van der Waals surface area contributed by atoms with Gasteiger partial charge in [0.15, 0.2) is 5.96 Å². The van der Waals surface area contributed by atoms with Crippen LogP contribution in [0.4, 0.5) is 0 Å². The SMILES string of the molecule is CCNC(=NCC1(c2cccs2)CCCCC1)NCC1CN(C)CCO1. The highest BCUT2D eigenvalue weighted by atomic mass is 32.1. The van der Waals surface area contributed by atoms with Gasteiger partial charge in [0.25, 0.3) is 0 Å². The van der Waals surface area contributed by atoms with E-state index in [4.69, 9.17) is 9.73 Å². The smallest absolute Gasteiger partial charge is 0.191 e. The van der Waals surface area contributed by atoms with Crippen LogP contribution in [-0.4, -0.2) is 63.3 Å². The number of hydrogen-bond donors (Lipinski definition) is 2. The molecule has 1 aliphatic carbocycles. The summed E-state index contributed by atoms with van der Waals surface area (Å²) in [6.45, 7) is 7.50. The third-order valence-corrected chi connectivity index (χ3v) is 6.69. The lowest BCUT2D eigenvalue weighted by atomic mass is 9.73. The fourth-order valence-electron chi connectivity index (χ4n) is 4.06. The predicted molar refractivity (Wildman–Crippen MR) is 110 cm³/mol. The molecule has 2 aliphatic rings. The number of morpholine rings is 1. The summed E-state index contributed by atoms with van der Waals surface area (Å²) in [4.78, 5) is 8.84. The molecule has 0 amide bonds. The molecule has 0 spiro atoms. The average molecular weight is 379 g/mol. The molecule has 1 aromatic rings. The van der Waals surface area contributed by atoms with Crippen molar-refractivity contribution in [1.29, 1.82) is 0 Å². The monoisotopic (exact) mass is 378 g/mol. The Hall–Kier alpha value is -1.11. The fourth-order valence-corrected chi connectivity index (χ4v) is 5.04. The maximum Gasteiger partial charge on any atom is 0.191 e. The molecule has 1 atom stereocenters. The van der Waals surface area contributed by atoms with Crippen LogP contribution in [0.5, 0.6) is 0 Å². The molecule has 3 rings (SSSR count). The number of aliphatic imine (C=N–C) groups is 1. The van der Waals surface area contributed by atoms with Crippen molar-refractivity contribution in [1.82, 2.24) is 15.5 Å². The Labute approximate surface area is 162 Å². The van der Waals surface area contributed by atoms with Crippen molar-refractivity contribution >= 4 is 17.3 Å². The summed E-state index contributed by atoms with van der Waals surface area (Å²) in [6, 6.07) is 4.48. The van der Waals surface area contributed by atoms with Crippen LogP contribution in [0.1, 0.15) is 43.9 Å². The van der Waals surface area contributed by atoms with Crippen LogP contribution >= 0.6 is 11.3 Å². The number of hydrogen-bond acceptors (Lipinski definition) is 4. The van der Waals surface area contributed by atoms with Crippen LogP contribution in [0.15, 0.2) is 22.5 Å². The Bertz CT molecular complexity index is 554. The van der Waals surface area contributed by atoms with Gasteiger partial charge in [0.05, 0.1) is 19.3 Å². The van der Waals surface area contributed by atoms with Gasteiger partial charge in [-0.2, -0.15) is 0 Å². The lowest BCUT2D eigenvalue weighted by Gasteiger charge is -2.35. The third kappa shape index (κ3) is 5.21. The maximum absolute atomic E-state index is 5.86. The van der Waals surface area contributed by atoms with Crippen LogP contribution < -0.4 is 10.6 Å². The molecule has 1 unspecified atom stereocenters. The van der Waals surface area contributed by atoms with E-state index in [1.165, 1.54) is 37.0 Å². The van der Waals surface area contributed by atoms with E-state index >= 15 is 0 Å². The molecule has 2 heterocycles. The fraction of sp³-hybridized carbons (Fsp3) is 0.750. The second kappa shape index (κ2) is 9.72. The number of ether oxygens (including phenoxy) is 1. The molecule has 2 N–H and O–H groups in total. The molecule has 1 saturated heterocycles. The number of guanidine groups is 1. The molecule has 6 heteroatoms. The Morgan fingerprint density at radius 1 is 1.35 bits per heavy atom. The average Bonchev–Trinajstić information content (AvgIpc) is 3.20. The van der Waals surface area contributed by atoms with Crippen LogP contribution in [0.3, 0.4) is 0 Å². The largest absolute Gasteiger partial charge is 0.374 e. The Morgan fingerprint density at radius 2 is 2.19 bits per heavy atom. The van der Waals surface area contributed by atoms with Gasteiger partial charge in [-0.05, 0) is 38.3 Å². The summed E-state index contributed by atoms with van der Waals surface area (Å²) < 4.78 is 5.86. The van der Waals surface area contributed by atoms with Crippen molar-refractivity contribution < 1.29 is 4.74 Å². The summed E-state index contributed by atoms with van der Waals surface area (Å²) in [5.41, 5.74) is 0.232. The highest BCUT2D eigenvalue weighted by molar-refractivity contribution is 7.10. The predicted octanol–water partition coefficient (Wildman–Crippen LogP) is 2.84. The van der Waals surface area contributed by atoms with Gasteiger partial charge in [-0.3, -0.25) is 4.99 Å². The first-order valence-corrected chi connectivity index (χ1v) is 11.0. The topological polar surface area (TPSA) is 48.9 Å². The summed E-state index contributed by atoms with van der Waals surface area (Å²) in [5.74, 6) is 0.922. The molecule has 1 aromatic heterocycles. The number of thiophene rings is 1. The van der Waals surface area contributed by atoms with Crippen molar-refractivity contribution in [3.8, 4) is 0 Å². The first-order valence-electron chi connectivity index (χ1n) is 10.1. The van der Waals surface area contributed by atoms with Gasteiger partial charge >= 0.3 is 0 Å². The molecular formula is C20H34N4OS. The van der Waals surface area contributed by atoms with Gasteiger partial charge in [-0.25, -0.2) is 0 Å². The minimum absolute atomic E-state index is 0.232. The van der Waals surface area contributed by atoms with Crippen molar-refractivity contribution in [2.75, 3.05) is 46.4 Å². The van der Waals surface area contributed by atoms with E-state index in [1.54, 1.807) is 0 Å². The van der Waals surface area contributed by atoms with Crippen LogP contribution in [0.25, 0.3) is 0 Å². The second-order valence-electron chi connectivity index (χ2n) is 7.65. The maximum atomic E-state index is 5.86.